The number of methoxy groups -OCH3 is 1. The number of nitrogens with two attached hydrogens (primary N) is 1. The molecular weight excluding hydrogens is 376 g/mol. The van der Waals surface area contributed by atoms with Crippen LogP contribution in [0.25, 0.3) is 0 Å². The lowest BCUT2D eigenvalue weighted by Gasteiger charge is -2.38. The highest BCUT2D eigenvalue weighted by Crippen LogP contribution is 2.35. The first-order chi connectivity index (χ1) is 13.1. The zero-order valence-electron chi connectivity index (χ0n) is 16.2. The predicted octanol–water partition coefficient (Wildman–Crippen LogP) is 2.85. The molecule has 1 saturated heterocycles. The third kappa shape index (κ3) is 5.47. The topological polar surface area (TPSA) is 73.6 Å². The third-order valence-electron chi connectivity index (χ3n) is 5.39. The first-order valence-electron chi connectivity index (χ1n) is 9.42. The number of amides is 1. The van der Waals surface area contributed by atoms with Crippen molar-refractivity contribution < 1.29 is 14.3 Å². The van der Waals surface area contributed by atoms with Gasteiger partial charge in [-0.1, -0.05) is 42.5 Å². The number of halogens is 1. The van der Waals surface area contributed by atoms with Crippen LogP contribution in [0.2, 0.25) is 0 Å². The van der Waals surface area contributed by atoms with E-state index in [0.29, 0.717) is 26.2 Å². The van der Waals surface area contributed by atoms with Crippen molar-refractivity contribution in [3.63, 3.8) is 0 Å². The highest BCUT2D eigenvalue weighted by molar-refractivity contribution is 5.85. The smallest absolute Gasteiger partial charge is 0.237 e. The average molecular weight is 405 g/mol. The predicted molar refractivity (Wildman–Crippen MR) is 113 cm³/mol. The third-order valence-corrected chi connectivity index (χ3v) is 5.39. The van der Waals surface area contributed by atoms with Crippen molar-refractivity contribution in [3.05, 3.63) is 65.7 Å². The van der Waals surface area contributed by atoms with Crippen LogP contribution in [0.4, 0.5) is 0 Å². The first-order valence-corrected chi connectivity index (χ1v) is 9.42. The van der Waals surface area contributed by atoms with Gasteiger partial charge in [0, 0.05) is 25.2 Å². The molecule has 3 rings (SSSR count). The second kappa shape index (κ2) is 10.5. The summed E-state index contributed by atoms with van der Waals surface area (Å²) in [6, 6.07) is 17.4. The standard InChI is InChI=1S/C22H28N2O3.ClH/c1-26-19-9-7-18(8-10-19)22(11-13-27-14-12-22)16-24-21(25)20(23)15-17-5-3-2-4-6-17;/h2-10,20H,11-16,23H2,1H3,(H,24,25);1H/t20-;/m0./s1. The molecule has 0 radical (unpaired) electrons. The van der Waals surface area contributed by atoms with E-state index in [0.717, 1.165) is 24.2 Å². The van der Waals surface area contributed by atoms with Crippen molar-refractivity contribution in [3.8, 4) is 5.75 Å². The van der Waals surface area contributed by atoms with Crippen LogP contribution in [0.5, 0.6) is 5.75 Å². The summed E-state index contributed by atoms with van der Waals surface area (Å²) in [6.07, 6.45) is 2.27. The van der Waals surface area contributed by atoms with Crippen molar-refractivity contribution in [1.82, 2.24) is 5.32 Å². The van der Waals surface area contributed by atoms with Crippen molar-refractivity contribution in [2.45, 2.75) is 30.7 Å². The van der Waals surface area contributed by atoms with Gasteiger partial charge in [0.2, 0.25) is 5.91 Å². The summed E-state index contributed by atoms with van der Waals surface area (Å²) in [5.41, 5.74) is 8.26. The maximum absolute atomic E-state index is 12.6. The summed E-state index contributed by atoms with van der Waals surface area (Å²) in [5, 5.41) is 3.09. The van der Waals surface area contributed by atoms with Crippen LogP contribution >= 0.6 is 12.4 Å². The Morgan fingerprint density at radius 3 is 2.39 bits per heavy atom. The van der Waals surface area contributed by atoms with Gasteiger partial charge in [0.25, 0.3) is 0 Å². The summed E-state index contributed by atoms with van der Waals surface area (Å²) in [5.74, 6) is 0.716. The van der Waals surface area contributed by atoms with E-state index in [4.69, 9.17) is 15.2 Å². The normalized spacial score (nSPS) is 16.5. The minimum atomic E-state index is -0.555. The monoisotopic (exact) mass is 404 g/mol. The molecule has 0 spiro atoms. The van der Waals surface area contributed by atoms with Crippen LogP contribution in [0.15, 0.2) is 54.6 Å². The number of hydrogen-bond donors (Lipinski definition) is 2. The van der Waals surface area contributed by atoms with Crippen LogP contribution in [0.3, 0.4) is 0 Å². The molecule has 1 amide bonds. The Morgan fingerprint density at radius 1 is 1.14 bits per heavy atom. The van der Waals surface area contributed by atoms with Crippen LogP contribution in [0.1, 0.15) is 24.0 Å². The molecule has 5 nitrogen and oxygen atoms in total. The molecule has 0 unspecified atom stereocenters. The Labute approximate surface area is 173 Å². The molecule has 6 heteroatoms. The van der Waals surface area contributed by atoms with Gasteiger partial charge >= 0.3 is 0 Å². The highest BCUT2D eigenvalue weighted by atomic mass is 35.5. The molecule has 28 heavy (non-hydrogen) atoms. The van der Waals surface area contributed by atoms with E-state index in [1.807, 2.05) is 42.5 Å². The molecule has 2 aromatic carbocycles. The second-order valence-electron chi connectivity index (χ2n) is 7.14. The summed E-state index contributed by atoms with van der Waals surface area (Å²) in [4.78, 5) is 12.6. The van der Waals surface area contributed by atoms with Crippen LogP contribution in [-0.4, -0.2) is 38.8 Å². The molecule has 3 N–H and O–H groups in total. The van der Waals surface area contributed by atoms with Gasteiger partial charge in [-0.05, 0) is 42.5 Å². The molecular formula is C22H29ClN2O3. The largest absolute Gasteiger partial charge is 0.497 e. The van der Waals surface area contributed by atoms with E-state index in [2.05, 4.69) is 17.4 Å². The number of rotatable bonds is 7. The lowest BCUT2D eigenvalue weighted by Crippen LogP contribution is -2.49. The number of carbonyl (C=O) groups excluding carboxylic acids is 1. The summed E-state index contributed by atoms with van der Waals surface area (Å²) >= 11 is 0. The SMILES string of the molecule is COc1ccc(C2(CNC(=O)[C@@H](N)Cc3ccccc3)CCOCC2)cc1.Cl. The molecule has 0 aliphatic carbocycles. The van der Waals surface area contributed by atoms with Gasteiger partial charge in [-0.25, -0.2) is 0 Å². The lowest BCUT2D eigenvalue weighted by molar-refractivity contribution is -0.122. The number of ether oxygens (including phenoxy) is 2. The number of carbonyl (C=O) groups is 1. The molecule has 1 atom stereocenters. The van der Waals surface area contributed by atoms with Gasteiger partial charge in [-0.15, -0.1) is 12.4 Å². The molecule has 2 aromatic rings. The highest BCUT2D eigenvalue weighted by Gasteiger charge is 2.35. The maximum Gasteiger partial charge on any atom is 0.237 e. The van der Waals surface area contributed by atoms with Gasteiger partial charge in [-0.2, -0.15) is 0 Å². The van der Waals surface area contributed by atoms with Crippen molar-refractivity contribution in [1.29, 1.82) is 0 Å². The number of nitrogens with one attached hydrogen (secondary N) is 1. The molecule has 1 aliphatic rings. The minimum absolute atomic E-state index is 0. The Morgan fingerprint density at radius 2 is 1.79 bits per heavy atom. The molecule has 0 aromatic heterocycles. The van der Waals surface area contributed by atoms with Crippen molar-refractivity contribution in [2.24, 2.45) is 5.73 Å². The van der Waals surface area contributed by atoms with Gasteiger partial charge < -0.3 is 20.5 Å². The van der Waals surface area contributed by atoms with E-state index in [1.54, 1.807) is 7.11 Å². The molecule has 1 fully saturated rings. The average Bonchev–Trinajstić information content (AvgIpc) is 2.73. The molecule has 152 valence electrons. The Balaban J connectivity index is 0.00000280. The quantitative estimate of drug-likeness (QED) is 0.744. The minimum Gasteiger partial charge on any atom is -0.497 e. The number of hydrogen-bond acceptors (Lipinski definition) is 4. The van der Waals surface area contributed by atoms with E-state index in [9.17, 15) is 4.79 Å². The number of benzene rings is 2. The van der Waals surface area contributed by atoms with Gasteiger partial charge in [0.1, 0.15) is 5.75 Å². The summed E-state index contributed by atoms with van der Waals surface area (Å²) < 4.78 is 10.8. The van der Waals surface area contributed by atoms with E-state index in [-0.39, 0.29) is 23.7 Å². The van der Waals surface area contributed by atoms with Gasteiger partial charge in [0.15, 0.2) is 0 Å². The first kappa shape index (κ1) is 22.2. The van der Waals surface area contributed by atoms with Crippen molar-refractivity contribution in [2.75, 3.05) is 26.9 Å². The van der Waals surface area contributed by atoms with E-state index < -0.39 is 6.04 Å². The lowest BCUT2D eigenvalue weighted by atomic mass is 9.74. The van der Waals surface area contributed by atoms with Gasteiger partial charge in [0.05, 0.1) is 13.2 Å². The summed E-state index contributed by atoms with van der Waals surface area (Å²) in [6.45, 7) is 1.94. The Bertz CT molecular complexity index is 731. The fourth-order valence-electron chi connectivity index (χ4n) is 3.62. The Kier molecular flexibility index (Phi) is 8.30. The Hall–Kier alpha value is -2.08. The van der Waals surface area contributed by atoms with Gasteiger partial charge in [-0.3, -0.25) is 4.79 Å². The molecule has 1 aliphatic heterocycles. The zero-order chi connectivity index (χ0) is 19.1. The fraction of sp³-hybridized carbons (Fsp3) is 0.409. The maximum atomic E-state index is 12.6. The summed E-state index contributed by atoms with van der Waals surface area (Å²) in [7, 11) is 1.66. The second-order valence-corrected chi connectivity index (χ2v) is 7.14. The van der Waals surface area contributed by atoms with Crippen molar-refractivity contribution >= 4 is 18.3 Å². The van der Waals surface area contributed by atoms with E-state index >= 15 is 0 Å². The molecule has 0 bridgehead atoms. The molecule has 1 heterocycles. The zero-order valence-corrected chi connectivity index (χ0v) is 17.0. The van der Waals surface area contributed by atoms with E-state index in [1.165, 1.54) is 5.56 Å². The molecule has 0 saturated carbocycles. The van der Waals surface area contributed by atoms with Crippen LogP contribution < -0.4 is 15.8 Å². The fourth-order valence-corrected chi connectivity index (χ4v) is 3.62. The van der Waals surface area contributed by atoms with Crippen LogP contribution in [0, 0.1) is 0 Å². The van der Waals surface area contributed by atoms with Crippen LogP contribution in [-0.2, 0) is 21.4 Å².